The van der Waals surface area contributed by atoms with E-state index in [2.05, 4.69) is 20.3 Å². The fourth-order valence-corrected chi connectivity index (χ4v) is 2.35. The molecule has 3 aromatic rings. The predicted molar refractivity (Wildman–Crippen MR) is 83.6 cm³/mol. The van der Waals surface area contributed by atoms with Gasteiger partial charge in [0.2, 0.25) is 0 Å². The molecule has 0 spiro atoms. The summed E-state index contributed by atoms with van der Waals surface area (Å²) in [7, 11) is 0. The van der Waals surface area contributed by atoms with E-state index in [1.54, 1.807) is 18.3 Å². The van der Waals surface area contributed by atoms with Crippen LogP contribution in [0.1, 0.15) is 29.1 Å². The molecular weight excluding hydrogens is 284 g/mol. The standard InChI is InChI=1S/C15H14N4OS/c1-9(13-18-11-6-2-3-7-12(11)19-13)17-14(20)10-5-4-8-16-15(10)21/h2-9H,1H3,(H,16,21)(H,17,20)(H,18,19)/t9-/m0/s1. The van der Waals surface area contributed by atoms with E-state index in [1.807, 2.05) is 31.2 Å². The van der Waals surface area contributed by atoms with Crippen molar-refractivity contribution in [2.75, 3.05) is 0 Å². The van der Waals surface area contributed by atoms with Crippen molar-refractivity contribution in [3.8, 4) is 0 Å². The van der Waals surface area contributed by atoms with E-state index in [0.29, 0.717) is 10.2 Å². The van der Waals surface area contributed by atoms with Gasteiger partial charge in [-0.05, 0) is 31.2 Å². The molecule has 0 bridgehead atoms. The first-order valence-electron chi connectivity index (χ1n) is 6.58. The second-order valence-electron chi connectivity index (χ2n) is 4.75. The number of carbonyl (C=O) groups excluding carboxylic acids is 1. The van der Waals surface area contributed by atoms with Crippen LogP contribution in [-0.4, -0.2) is 20.9 Å². The zero-order valence-electron chi connectivity index (χ0n) is 11.4. The molecule has 3 N–H and O–H groups in total. The van der Waals surface area contributed by atoms with Gasteiger partial charge in [-0.15, -0.1) is 0 Å². The number of fused-ring (bicyclic) bond motifs is 1. The van der Waals surface area contributed by atoms with E-state index in [4.69, 9.17) is 12.2 Å². The van der Waals surface area contributed by atoms with Crippen LogP contribution in [0.4, 0.5) is 0 Å². The fourth-order valence-electron chi connectivity index (χ4n) is 2.12. The van der Waals surface area contributed by atoms with Gasteiger partial charge >= 0.3 is 0 Å². The predicted octanol–water partition coefficient (Wildman–Crippen LogP) is 3.11. The minimum Gasteiger partial charge on any atom is -0.352 e. The largest absolute Gasteiger partial charge is 0.352 e. The van der Waals surface area contributed by atoms with E-state index in [1.165, 1.54) is 0 Å². The number of para-hydroxylation sites is 2. The summed E-state index contributed by atoms with van der Waals surface area (Å²) in [6.45, 7) is 1.88. The Kier molecular flexibility index (Phi) is 3.53. The van der Waals surface area contributed by atoms with Crippen molar-refractivity contribution in [3.63, 3.8) is 0 Å². The number of imidazole rings is 1. The number of nitrogens with one attached hydrogen (secondary N) is 3. The Morgan fingerprint density at radius 1 is 1.29 bits per heavy atom. The average Bonchev–Trinajstić information content (AvgIpc) is 2.91. The highest BCUT2D eigenvalue weighted by Gasteiger charge is 2.15. The first kappa shape index (κ1) is 13.5. The second-order valence-corrected chi connectivity index (χ2v) is 5.16. The molecule has 0 saturated carbocycles. The highest BCUT2D eigenvalue weighted by molar-refractivity contribution is 7.71. The van der Waals surface area contributed by atoms with Gasteiger partial charge < -0.3 is 15.3 Å². The molecule has 0 fully saturated rings. The average molecular weight is 298 g/mol. The molecule has 1 atom stereocenters. The third-order valence-corrected chi connectivity index (χ3v) is 3.57. The summed E-state index contributed by atoms with van der Waals surface area (Å²) in [6, 6.07) is 11.0. The molecule has 0 radical (unpaired) electrons. The topological polar surface area (TPSA) is 73.6 Å². The number of carbonyl (C=O) groups is 1. The third kappa shape index (κ3) is 2.71. The Morgan fingerprint density at radius 3 is 2.86 bits per heavy atom. The Labute approximate surface area is 126 Å². The van der Waals surface area contributed by atoms with E-state index in [9.17, 15) is 4.79 Å². The van der Waals surface area contributed by atoms with Crippen molar-refractivity contribution >= 4 is 29.2 Å². The molecule has 0 aliphatic heterocycles. The van der Waals surface area contributed by atoms with Gasteiger partial charge in [-0.3, -0.25) is 4.79 Å². The third-order valence-electron chi connectivity index (χ3n) is 3.23. The van der Waals surface area contributed by atoms with Gasteiger partial charge in [0.15, 0.2) is 0 Å². The van der Waals surface area contributed by atoms with Gasteiger partial charge in [-0.2, -0.15) is 0 Å². The maximum absolute atomic E-state index is 12.2. The molecule has 21 heavy (non-hydrogen) atoms. The van der Waals surface area contributed by atoms with Crippen LogP contribution in [-0.2, 0) is 0 Å². The number of nitrogens with zero attached hydrogens (tertiary/aromatic N) is 1. The lowest BCUT2D eigenvalue weighted by molar-refractivity contribution is 0.0937. The molecule has 1 amide bonds. The summed E-state index contributed by atoms with van der Waals surface area (Å²) in [5.74, 6) is 0.500. The molecule has 3 rings (SSSR count). The number of aromatic nitrogens is 3. The highest BCUT2D eigenvalue weighted by Crippen LogP contribution is 2.16. The number of hydrogen-bond acceptors (Lipinski definition) is 3. The summed E-state index contributed by atoms with van der Waals surface area (Å²) < 4.78 is 0.423. The van der Waals surface area contributed by atoms with Crippen molar-refractivity contribution in [3.05, 3.63) is 58.6 Å². The van der Waals surface area contributed by atoms with Crippen LogP contribution in [0.5, 0.6) is 0 Å². The first-order valence-corrected chi connectivity index (χ1v) is 6.99. The normalized spacial score (nSPS) is 12.2. The lowest BCUT2D eigenvalue weighted by Gasteiger charge is -2.11. The molecule has 0 aliphatic rings. The van der Waals surface area contributed by atoms with E-state index in [0.717, 1.165) is 16.9 Å². The number of rotatable bonds is 3. The van der Waals surface area contributed by atoms with Crippen molar-refractivity contribution in [1.29, 1.82) is 0 Å². The zero-order chi connectivity index (χ0) is 14.8. The van der Waals surface area contributed by atoms with E-state index < -0.39 is 0 Å². The lowest BCUT2D eigenvalue weighted by atomic mass is 10.2. The molecule has 2 heterocycles. The van der Waals surface area contributed by atoms with Gasteiger partial charge in [-0.25, -0.2) is 4.98 Å². The molecule has 0 saturated heterocycles. The number of hydrogen-bond donors (Lipinski definition) is 3. The van der Waals surface area contributed by atoms with Gasteiger partial charge in [-0.1, -0.05) is 24.4 Å². The number of amides is 1. The van der Waals surface area contributed by atoms with Crippen LogP contribution >= 0.6 is 12.2 Å². The highest BCUT2D eigenvalue weighted by atomic mass is 32.1. The minimum atomic E-state index is -0.237. The van der Waals surface area contributed by atoms with Crippen molar-refractivity contribution < 1.29 is 4.79 Å². The Hall–Kier alpha value is -2.47. The molecule has 6 heteroatoms. The smallest absolute Gasteiger partial charge is 0.254 e. The van der Waals surface area contributed by atoms with Crippen LogP contribution in [0.15, 0.2) is 42.6 Å². The maximum atomic E-state index is 12.2. The molecule has 0 unspecified atom stereocenters. The number of H-pyrrole nitrogens is 2. The number of pyridine rings is 1. The first-order chi connectivity index (χ1) is 10.1. The molecule has 0 aliphatic carbocycles. The molecule has 106 valence electrons. The maximum Gasteiger partial charge on any atom is 0.254 e. The Morgan fingerprint density at radius 2 is 2.10 bits per heavy atom. The quantitative estimate of drug-likeness (QED) is 0.650. The molecule has 1 aromatic carbocycles. The van der Waals surface area contributed by atoms with Crippen LogP contribution in [0.3, 0.4) is 0 Å². The summed E-state index contributed by atoms with van der Waals surface area (Å²) in [6.07, 6.45) is 1.70. The number of benzene rings is 1. The molecular formula is C15H14N4OS. The van der Waals surface area contributed by atoms with Crippen molar-refractivity contribution in [2.24, 2.45) is 0 Å². The summed E-state index contributed by atoms with van der Waals surface area (Å²) in [4.78, 5) is 22.8. The van der Waals surface area contributed by atoms with Crippen molar-refractivity contribution in [2.45, 2.75) is 13.0 Å². The number of aromatic amines is 2. The van der Waals surface area contributed by atoms with Gasteiger partial charge in [0.25, 0.3) is 5.91 Å². The Balaban J connectivity index is 1.83. The molecule has 5 nitrogen and oxygen atoms in total. The monoisotopic (exact) mass is 298 g/mol. The second kappa shape index (κ2) is 5.49. The Bertz CT molecular complexity index is 819. The van der Waals surface area contributed by atoms with Gasteiger partial charge in [0, 0.05) is 6.20 Å². The van der Waals surface area contributed by atoms with Crippen LogP contribution in [0.25, 0.3) is 11.0 Å². The lowest BCUT2D eigenvalue weighted by Crippen LogP contribution is -2.27. The van der Waals surface area contributed by atoms with E-state index >= 15 is 0 Å². The minimum absolute atomic E-state index is 0.218. The van der Waals surface area contributed by atoms with Crippen LogP contribution in [0.2, 0.25) is 0 Å². The zero-order valence-corrected chi connectivity index (χ0v) is 12.2. The summed E-state index contributed by atoms with van der Waals surface area (Å²) in [5, 5.41) is 2.89. The van der Waals surface area contributed by atoms with Crippen molar-refractivity contribution in [1.82, 2.24) is 20.3 Å². The van der Waals surface area contributed by atoms with Gasteiger partial charge in [0.1, 0.15) is 10.5 Å². The summed E-state index contributed by atoms with van der Waals surface area (Å²) in [5.41, 5.74) is 2.28. The van der Waals surface area contributed by atoms with Crippen LogP contribution < -0.4 is 5.32 Å². The van der Waals surface area contributed by atoms with Crippen LogP contribution in [0, 0.1) is 4.64 Å². The van der Waals surface area contributed by atoms with Gasteiger partial charge in [0.05, 0.1) is 22.6 Å². The molecule has 2 aromatic heterocycles. The fraction of sp³-hybridized carbons (Fsp3) is 0.133. The summed E-state index contributed by atoms with van der Waals surface area (Å²) >= 11 is 5.11. The SMILES string of the molecule is C[C@H](NC(=O)c1ccc[nH]c1=S)c1nc2ccccc2[nH]1. The van der Waals surface area contributed by atoms with E-state index in [-0.39, 0.29) is 11.9 Å².